The van der Waals surface area contributed by atoms with Crippen molar-refractivity contribution in [3.8, 4) is 11.5 Å². The highest BCUT2D eigenvalue weighted by molar-refractivity contribution is 5.91. The van der Waals surface area contributed by atoms with Crippen LogP contribution >= 0.6 is 0 Å². The molecule has 0 spiro atoms. The zero-order chi connectivity index (χ0) is 24.1. The highest BCUT2D eigenvalue weighted by atomic mass is 16.5. The zero-order valence-electron chi connectivity index (χ0n) is 20.0. The van der Waals surface area contributed by atoms with Crippen molar-refractivity contribution < 1.29 is 14.3 Å². The van der Waals surface area contributed by atoms with Gasteiger partial charge in [-0.2, -0.15) is 4.98 Å². The first-order chi connectivity index (χ1) is 16.4. The highest BCUT2D eigenvalue weighted by Gasteiger charge is 2.24. The topological polar surface area (TPSA) is 91.9 Å². The Balaban J connectivity index is 1.38. The molecule has 1 aliphatic heterocycles. The van der Waals surface area contributed by atoms with Crippen LogP contribution in [0.15, 0.2) is 48.5 Å². The molecule has 34 heavy (non-hydrogen) atoms. The third kappa shape index (κ3) is 5.48. The van der Waals surface area contributed by atoms with E-state index in [4.69, 9.17) is 14.5 Å². The summed E-state index contributed by atoms with van der Waals surface area (Å²) in [7, 11) is 3.15. The summed E-state index contributed by atoms with van der Waals surface area (Å²) in [6, 6.07) is 15.2. The molecular formula is C25H30N6O3. The molecule has 1 saturated heterocycles. The Morgan fingerprint density at radius 2 is 1.65 bits per heavy atom. The fraction of sp³-hybridized carbons (Fsp3) is 0.320. The Hall–Kier alpha value is -4.01. The molecular weight excluding hydrogens is 432 g/mol. The van der Waals surface area contributed by atoms with Crippen LogP contribution < -0.4 is 25.0 Å². The number of benzene rings is 2. The van der Waals surface area contributed by atoms with Gasteiger partial charge in [-0.25, -0.2) is 9.78 Å². The molecule has 0 aliphatic carbocycles. The van der Waals surface area contributed by atoms with E-state index in [0.29, 0.717) is 49.3 Å². The van der Waals surface area contributed by atoms with Crippen molar-refractivity contribution in [1.29, 1.82) is 0 Å². The number of carbonyl (C=O) groups is 1. The van der Waals surface area contributed by atoms with E-state index in [1.165, 1.54) is 5.56 Å². The van der Waals surface area contributed by atoms with Crippen molar-refractivity contribution in [2.75, 3.05) is 55.9 Å². The van der Waals surface area contributed by atoms with E-state index in [2.05, 4.69) is 39.6 Å². The minimum atomic E-state index is -0.171. The second-order valence-electron chi connectivity index (χ2n) is 8.16. The van der Waals surface area contributed by atoms with Crippen LogP contribution in [0.25, 0.3) is 0 Å². The monoisotopic (exact) mass is 462 g/mol. The van der Waals surface area contributed by atoms with Gasteiger partial charge in [0.15, 0.2) is 0 Å². The summed E-state index contributed by atoms with van der Waals surface area (Å²) >= 11 is 0. The summed E-state index contributed by atoms with van der Waals surface area (Å²) in [4.78, 5) is 26.0. The van der Waals surface area contributed by atoms with Gasteiger partial charge in [0.2, 0.25) is 5.95 Å². The van der Waals surface area contributed by atoms with Gasteiger partial charge in [0.25, 0.3) is 0 Å². The number of hydrogen-bond donors (Lipinski definition) is 2. The fourth-order valence-corrected chi connectivity index (χ4v) is 3.75. The van der Waals surface area contributed by atoms with E-state index in [0.717, 1.165) is 17.2 Å². The first-order valence-electron chi connectivity index (χ1n) is 11.2. The average Bonchev–Trinajstić information content (AvgIpc) is 2.85. The molecule has 0 unspecified atom stereocenters. The molecule has 1 aliphatic rings. The molecule has 1 aromatic heterocycles. The standard InChI is InChI=1S/C25H30N6O3/c1-17-5-7-19(8-6-17)27-23-15-18(2)26-24(29-23)30-11-13-31(14-12-30)25(32)28-21-10-9-20(33-3)16-22(21)34-4/h5-10,15-16H,11-14H2,1-4H3,(H,28,32)(H,26,27,29). The van der Waals surface area contributed by atoms with E-state index in [-0.39, 0.29) is 6.03 Å². The first-order valence-corrected chi connectivity index (χ1v) is 11.2. The molecule has 178 valence electrons. The Bertz CT molecular complexity index is 1140. The van der Waals surface area contributed by atoms with Crippen LogP contribution in [-0.2, 0) is 0 Å². The number of carbonyl (C=O) groups excluding carboxylic acids is 1. The molecule has 0 radical (unpaired) electrons. The summed E-state index contributed by atoms with van der Waals surface area (Å²) in [5, 5.41) is 6.28. The van der Waals surface area contributed by atoms with E-state index >= 15 is 0 Å². The molecule has 2 N–H and O–H groups in total. The van der Waals surface area contributed by atoms with E-state index < -0.39 is 0 Å². The number of amides is 2. The third-order valence-corrected chi connectivity index (χ3v) is 5.67. The lowest BCUT2D eigenvalue weighted by molar-refractivity contribution is 0.208. The number of aryl methyl sites for hydroxylation is 2. The number of urea groups is 1. The largest absolute Gasteiger partial charge is 0.497 e. The Kier molecular flexibility index (Phi) is 7.01. The van der Waals surface area contributed by atoms with E-state index in [1.807, 2.05) is 25.1 Å². The quantitative estimate of drug-likeness (QED) is 0.567. The number of methoxy groups -OCH3 is 2. The summed E-state index contributed by atoms with van der Waals surface area (Å²) in [5.41, 5.74) is 3.67. The van der Waals surface area contributed by atoms with Gasteiger partial charge in [-0.3, -0.25) is 0 Å². The van der Waals surface area contributed by atoms with Crippen LogP contribution in [0.3, 0.4) is 0 Å². The molecule has 9 heteroatoms. The second-order valence-corrected chi connectivity index (χ2v) is 8.16. The summed E-state index contributed by atoms with van der Waals surface area (Å²) in [5.74, 6) is 2.62. The maximum absolute atomic E-state index is 12.8. The van der Waals surface area contributed by atoms with Crippen molar-refractivity contribution in [2.24, 2.45) is 0 Å². The molecule has 1 fully saturated rings. The van der Waals surface area contributed by atoms with Gasteiger partial charge in [-0.1, -0.05) is 17.7 Å². The van der Waals surface area contributed by atoms with Gasteiger partial charge in [0.05, 0.1) is 19.9 Å². The molecule has 0 saturated carbocycles. The number of rotatable bonds is 6. The van der Waals surface area contributed by atoms with Crippen molar-refractivity contribution in [1.82, 2.24) is 14.9 Å². The fourth-order valence-electron chi connectivity index (χ4n) is 3.75. The van der Waals surface area contributed by atoms with Crippen LogP contribution in [0.5, 0.6) is 11.5 Å². The van der Waals surface area contributed by atoms with Crippen LogP contribution in [0.1, 0.15) is 11.3 Å². The van der Waals surface area contributed by atoms with Crippen LogP contribution in [0.2, 0.25) is 0 Å². The first kappa shape index (κ1) is 23.2. The van der Waals surface area contributed by atoms with Crippen molar-refractivity contribution in [3.05, 3.63) is 59.8 Å². The van der Waals surface area contributed by atoms with Gasteiger partial charge in [-0.15, -0.1) is 0 Å². The normalized spacial score (nSPS) is 13.4. The summed E-state index contributed by atoms with van der Waals surface area (Å²) < 4.78 is 10.6. The van der Waals surface area contributed by atoms with Gasteiger partial charge in [0, 0.05) is 49.7 Å². The number of nitrogens with zero attached hydrogens (tertiary/aromatic N) is 4. The predicted octanol–water partition coefficient (Wildman–Crippen LogP) is 4.21. The van der Waals surface area contributed by atoms with Crippen LogP contribution in [-0.4, -0.2) is 61.3 Å². The minimum absolute atomic E-state index is 0.171. The van der Waals surface area contributed by atoms with Crippen LogP contribution in [0.4, 0.5) is 27.9 Å². The van der Waals surface area contributed by atoms with Gasteiger partial charge >= 0.3 is 6.03 Å². The number of aromatic nitrogens is 2. The molecule has 2 heterocycles. The number of anilines is 4. The van der Waals surface area contributed by atoms with Gasteiger partial charge in [0.1, 0.15) is 17.3 Å². The molecule has 9 nitrogen and oxygen atoms in total. The minimum Gasteiger partial charge on any atom is -0.497 e. The Morgan fingerprint density at radius 3 is 2.32 bits per heavy atom. The van der Waals surface area contributed by atoms with Crippen molar-refractivity contribution in [2.45, 2.75) is 13.8 Å². The zero-order valence-corrected chi connectivity index (χ0v) is 20.0. The van der Waals surface area contributed by atoms with E-state index in [1.54, 1.807) is 37.3 Å². The van der Waals surface area contributed by atoms with Crippen molar-refractivity contribution in [3.63, 3.8) is 0 Å². The maximum atomic E-state index is 12.8. The predicted molar refractivity (Wildman–Crippen MR) is 134 cm³/mol. The second kappa shape index (κ2) is 10.3. The molecule has 4 rings (SSSR count). The maximum Gasteiger partial charge on any atom is 0.322 e. The van der Waals surface area contributed by atoms with Crippen LogP contribution in [0, 0.1) is 13.8 Å². The molecule has 2 amide bonds. The average molecular weight is 463 g/mol. The van der Waals surface area contributed by atoms with Gasteiger partial charge in [-0.05, 0) is 38.1 Å². The highest BCUT2D eigenvalue weighted by Crippen LogP contribution is 2.29. The SMILES string of the molecule is COc1ccc(NC(=O)N2CCN(c3nc(C)cc(Nc4ccc(C)cc4)n3)CC2)c(OC)c1. The number of hydrogen-bond acceptors (Lipinski definition) is 7. The summed E-state index contributed by atoms with van der Waals surface area (Å²) in [6.07, 6.45) is 0. The number of piperazine rings is 1. The lowest BCUT2D eigenvalue weighted by Crippen LogP contribution is -2.50. The Labute approximate surface area is 199 Å². The third-order valence-electron chi connectivity index (χ3n) is 5.67. The number of nitrogens with one attached hydrogen (secondary N) is 2. The molecule has 3 aromatic rings. The summed E-state index contributed by atoms with van der Waals surface area (Å²) in [6.45, 7) is 6.41. The molecule has 0 atom stereocenters. The Morgan fingerprint density at radius 1 is 0.912 bits per heavy atom. The van der Waals surface area contributed by atoms with E-state index in [9.17, 15) is 4.79 Å². The molecule has 0 bridgehead atoms. The van der Waals surface area contributed by atoms with Crippen molar-refractivity contribution >= 4 is 29.2 Å². The smallest absolute Gasteiger partial charge is 0.322 e. The van der Waals surface area contributed by atoms with Gasteiger partial charge < -0.3 is 29.9 Å². The number of ether oxygens (including phenoxy) is 2. The molecule has 2 aromatic carbocycles. The lowest BCUT2D eigenvalue weighted by atomic mass is 10.2. The lowest BCUT2D eigenvalue weighted by Gasteiger charge is -2.35.